The van der Waals surface area contributed by atoms with Crippen molar-refractivity contribution in [2.24, 2.45) is 0 Å². The lowest BCUT2D eigenvalue weighted by Crippen LogP contribution is -2.40. The van der Waals surface area contributed by atoms with Crippen LogP contribution in [0.4, 0.5) is 0 Å². The first-order valence-corrected chi connectivity index (χ1v) is 13.4. The number of amides is 1. The summed E-state index contributed by atoms with van der Waals surface area (Å²) in [6.07, 6.45) is 3.10. The van der Waals surface area contributed by atoms with Crippen LogP contribution >= 0.6 is 11.8 Å². The molecule has 0 aliphatic rings. The number of carbonyl (C=O) groups excluding carboxylic acids is 1. The van der Waals surface area contributed by atoms with Crippen LogP contribution < -0.4 is 11.2 Å². The fourth-order valence-electron chi connectivity index (χ4n) is 4.53. The highest BCUT2D eigenvalue weighted by Gasteiger charge is 2.36. The summed E-state index contributed by atoms with van der Waals surface area (Å²) in [5, 5.41) is 0. The van der Waals surface area contributed by atoms with Crippen molar-refractivity contribution in [2.45, 2.75) is 18.2 Å². The molecular weight excluding hydrogens is 494 g/mol. The van der Waals surface area contributed by atoms with Gasteiger partial charge in [0.1, 0.15) is 6.54 Å². The molecule has 1 amide bonds. The van der Waals surface area contributed by atoms with E-state index in [0.717, 1.165) is 16.7 Å². The summed E-state index contributed by atoms with van der Waals surface area (Å²) in [4.78, 5) is 41.1. The topological polar surface area (TPSA) is 75.2 Å². The Kier molecular flexibility index (Phi) is 8.81. The van der Waals surface area contributed by atoms with E-state index in [1.807, 2.05) is 54.6 Å². The standard InChI is InChI=1S/C31H31N3O3S/c1-3-19-33(28(35)23-34-22-24(2)29(36)32-30(34)37)20-21-38-31(25-13-7-4-8-14-25,26-15-9-5-10-16-26)27-17-11-6-12-18-27/h3-18,22H,1,19-21,23H2,2H3,(H,32,36,37). The van der Waals surface area contributed by atoms with Crippen molar-refractivity contribution in [3.8, 4) is 0 Å². The van der Waals surface area contributed by atoms with Gasteiger partial charge in [0.2, 0.25) is 5.91 Å². The highest BCUT2D eigenvalue weighted by molar-refractivity contribution is 8.00. The zero-order valence-electron chi connectivity index (χ0n) is 21.4. The Labute approximate surface area is 226 Å². The molecule has 0 saturated carbocycles. The first-order chi connectivity index (χ1) is 18.5. The minimum Gasteiger partial charge on any atom is -0.337 e. The first kappa shape index (κ1) is 26.9. The van der Waals surface area contributed by atoms with Crippen molar-refractivity contribution in [3.05, 3.63) is 153 Å². The van der Waals surface area contributed by atoms with Crippen LogP contribution in [0.15, 0.2) is 119 Å². The quantitative estimate of drug-likeness (QED) is 0.230. The van der Waals surface area contributed by atoms with Crippen LogP contribution in [0.2, 0.25) is 0 Å². The highest BCUT2D eigenvalue weighted by atomic mass is 32.2. The third kappa shape index (κ3) is 5.89. The smallest absolute Gasteiger partial charge is 0.328 e. The zero-order chi connectivity index (χ0) is 27.0. The van der Waals surface area contributed by atoms with Gasteiger partial charge in [-0.05, 0) is 23.6 Å². The molecule has 6 nitrogen and oxygen atoms in total. The molecule has 0 radical (unpaired) electrons. The van der Waals surface area contributed by atoms with Crippen LogP contribution in [-0.2, 0) is 16.1 Å². The number of thioether (sulfide) groups is 1. The van der Waals surface area contributed by atoms with Gasteiger partial charge in [0, 0.05) is 30.6 Å². The molecule has 1 heterocycles. The van der Waals surface area contributed by atoms with Crippen molar-refractivity contribution < 1.29 is 4.79 Å². The van der Waals surface area contributed by atoms with Crippen LogP contribution in [0.1, 0.15) is 22.3 Å². The van der Waals surface area contributed by atoms with E-state index in [1.165, 1.54) is 10.8 Å². The number of hydrogen-bond acceptors (Lipinski definition) is 4. The molecule has 194 valence electrons. The second-order valence-corrected chi connectivity index (χ2v) is 10.3. The second-order valence-electron chi connectivity index (χ2n) is 8.96. The molecule has 0 aliphatic carbocycles. The Bertz CT molecular complexity index is 1390. The Balaban J connectivity index is 1.63. The number of nitrogens with zero attached hydrogens (tertiary/aromatic N) is 2. The Hall–Kier alpha value is -4.10. The van der Waals surface area contributed by atoms with Crippen LogP contribution in [-0.4, -0.2) is 39.2 Å². The van der Waals surface area contributed by atoms with Crippen molar-refractivity contribution in [2.75, 3.05) is 18.8 Å². The summed E-state index contributed by atoms with van der Waals surface area (Å²) in [5.74, 6) is 0.418. The monoisotopic (exact) mass is 525 g/mol. The number of benzene rings is 3. The van der Waals surface area contributed by atoms with Gasteiger partial charge in [-0.25, -0.2) is 4.79 Å². The van der Waals surface area contributed by atoms with E-state index in [1.54, 1.807) is 29.7 Å². The summed E-state index contributed by atoms with van der Waals surface area (Å²) in [6.45, 7) is 6.08. The molecule has 1 aromatic heterocycles. The summed E-state index contributed by atoms with van der Waals surface area (Å²) >= 11 is 1.77. The number of hydrogen-bond donors (Lipinski definition) is 1. The Morgan fingerprint density at radius 3 is 1.89 bits per heavy atom. The molecule has 0 atom stereocenters. The zero-order valence-corrected chi connectivity index (χ0v) is 22.2. The molecule has 4 rings (SSSR count). The third-order valence-electron chi connectivity index (χ3n) is 6.42. The molecule has 38 heavy (non-hydrogen) atoms. The fourth-order valence-corrected chi connectivity index (χ4v) is 6.06. The number of aryl methyl sites for hydroxylation is 1. The largest absolute Gasteiger partial charge is 0.337 e. The SMILES string of the molecule is C=CCN(CCSC(c1ccccc1)(c1ccccc1)c1ccccc1)C(=O)Cn1cc(C)c(=O)[nH]c1=O. The molecule has 0 unspecified atom stereocenters. The van der Waals surface area contributed by atoms with Crippen molar-refractivity contribution >= 4 is 17.7 Å². The van der Waals surface area contributed by atoms with Gasteiger partial charge >= 0.3 is 5.69 Å². The van der Waals surface area contributed by atoms with Crippen molar-refractivity contribution in [1.82, 2.24) is 14.5 Å². The molecule has 0 fully saturated rings. The second kappa shape index (κ2) is 12.4. The minimum atomic E-state index is -0.599. The van der Waals surface area contributed by atoms with E-state index in [-0.39, 0.29) is 12.5 Å². The summed E-state index contributed by atoms with van der Waals surface area (Å²) < 4.78 is 0.754. The predicted octanol–water partition coefficient (Wildman–Crippen LogP) is 4.58. The van der Waals surface area contributed by atoms with Crippen LogP contribution in [0.25, 0.3) is 0 Å². The Morgan fingerprint density at radius 2 is 1.42 bits per heavy atom. The maximum Gasteiger partial charge on any atom is 0.328 e. The molecule has 0 bridgehead atoms. The molecule has 1 N–H and O–H groups in total. The number of aromatic amines is 1. The molecule has 4 aromatic rings. The van der Waals surface area contributed by atoms with E-state index < -0.39 is 16.0 Å². The molecule has 3 aromatic carbocycles. The van der Waals surface area contributed by atoms with E-state index in [0.29, 0.717) is 24.4 Å². The average Bonchev–Trinajstić information content (AvgIpc) is 2.95. The average molecular weight is 526 g/mol. The molecular formula is C31H31N3O3S. The lowest BCUT2D eigenvalue weighted by atomic mass is 9.84. The van der Waals surface area contributed by atoms with Gasteiger partial charge in [-0.1, -0.05) is 97.1 Å². The van der Waals surface area contributed by atoms with Crippen molar-refractivity contribution in [1.29, 1.82) is 0 Å². The summed E-state index contributed by atoms with van der Waals surface area (Å²) in [7, 11) is 0. The molecule has 7 heteroatoms. The summed E-state index contributed by atoms with van der Waals surface area (Å²) in [6, 6.07) is 31.2. The predicted molar refractivity (Wildman–Crippen MR) is 155 cm³/mol. The highest BCUT2D eigenvalue weighted by Crippen LogP contribution is 2.48. The van der Waals surface area contributed by atoms with Gasteiger partial charge in [0.05, 0.1) is 4.75 Å². The maximum atomic E-state index is 13.2. The van der Waals surface area contributed by atoms with Crippen LogP contribution in [0.3, 0.4) is 0 Å². The van der Waals surface area contributed by atoms with Gasteiger partial charge in [0.25, 0.3) is 5.56 Å². The summed E-state index contributed by atoms with van der Waals surface area (Å²) in [5.41, 5.74) is 2.79. The van der Waals surface area contributed by atoms with E-state index in [9.17, 15) is 14.4 Å². The van der Waals surface area contributed by atoms with Gasteiger partial charge in [-0.3, -0.25) is 19.1 Å². The molecule has 0 aliphatic heterocycles. The number of H-pyrrole nitrogens is 1. The van der Waals surface area contributed by atoms with Gasteiger partial charge in [-0.15, -0.1) is 18.3 Å². The minimum absolute atomic E-state index is 0.157. The van der Waals surface area contributed by atoms with E-state index in [4.69, 9.17) is 0 Å². The fraction of sp³-hybridized carbons (Fsp3) is 0.194. The Morgan fingerprint density at radius 1 is 0.921 bits per heavy atom. The van der Waals surface area contributed by atoms with Gasteiger partial charge in [-0.2, -0.15) is 0 Å². The maximum absolute atomic E-state index is 13.2. The number of rotatable bonds is 11. The number of carbonyl (C=O) groups is 1. The lowest BCUT2D eigenvalue weighted by Gasteiger charge is -2.36. The lowest BCUT2D eigenvalue weighted by molar-refractivity contribution is -0.131. The number of aromatic nitrogens is 2. The first-order valence-electron chi connectivity index (χ1n) is 12.5. The van der Waals surface area contributed by atoms with Crippen LogP contribution in [0.5, 0.6) is 0 Å². The molecule has 0 saturated heterocycles. The normalized spacial score (nSPS) is 11.2. The third-order valence-corrected chi connectivity index (χ3v) is 7.94. The van der Waals surface area contributed by atoms with E-state index in [2.05, 4.69) is 48.0 Å². The van der Waals surface area contributed by atoms with Crippen molar-refractivity contribution in [3.63, 3.8) is 0 Å². The van der Waals surface area contributed by atoms with E-state index >= 15 is 0 Å². The van der Waals surface area contributed by atoms with Gasteiger partial charge in [0.15, 0.2) is 0 Å². The van der Waals surface area contributed by atoms with Gasteiger partial charge < -0.3 is 4.90 Å². The molecule has 0 spiro atoms. The number of nitrogens with one attached hydrogen (secondary N) is 1. The van der Waals surface area contributed by atoms with Crippen LogP contribution in [0, 0.1) is 6.92 Å².